The van der Waals surface area contributed by atoms with E-state index in [0.29, 0.717) is 19.4 Å². The normalized spacial score (nSPS) is 23.6. The Morgan fingerprint density at radius 3 is 2.81 bits per heavy atom. The van der Waals surface area contributed by atoms with Crippen LogP contribution < -0.4 is 5.32 Å². The predicted octanol–water partition coefficient (Wildman–Crippen LogP) is 2.02. The lowest BCUT2D eigenvalue weighted by Gasteiger charge is -2.48. The molecule has 2 amide bonds. The van der Waals surface area contributed by atoms with Gasteiger partial charge in [-0.3, -0.25) is 9.59 Å². The summed E-state index contributed by atoms with van der Waals surface area (Å²) in [5.74, 6) is 0.203. The number of piperidine rings is 2. The monoisotopic (exact) mass is 373 g/mol. The minimum absolute atomic E-state index is 0.0185. The van der Waals surface area contributed by atoms with Crippen LogP contribution in [0.4, 0.5) is 5.69 Å². The summed E-state index contributed by atoms with van der Waals surface area (Å²) in [6.07, 6.45) is 4.18. The van der Waals surface area contributed by atoms with Gasteiger partial charge in [0.25, 0.3) is 0 Å². The fraction of sp³-hybridized carbons (Fsp3) is 0.619. The first-order valence-corrected chi connectivity index (χ1v) is 9.98. The summed E-state index contributed by atoms with van der Waals surface area (Å²) >= 11 is 0. The number of rotatable bonds is 6. The van der Waals surface area contributed by atoms with Gasteiger partial charge in [-0.25, -0.2) is 0 Å². The number of nitrogens with zero attached hydrogens (tertiary/aromatic N) is 2. The Kier molecular flexibility index (Phi) is 6.50. The molecule has 2 aliphatic heterocycles. The number of aliphatic hydroxyl groups is 1. The number of nitrogens with one attached hydrogen (secondary N) is 1. The predicted molar refractivity (Wildman–Crippen MR) is 105 cm³/mol. The van der Waals surface area contributed by atoms with Crippen LogP contribution in [0.2, 0.25) is 0 Å². The van der Waals surface area contributed by atoms with Gasteiger partial charge in [0.15, 0.2) is 0 Å². The van der Waals surface area contributed by atoms with Crippen LogP contribution in [0.15, 0.2) is 24.3 Å². The first-order chi connectivity index (χ1) is 13.0. The highest BCUT2D eigenvalue weighted by molar-refractivity contribution is 5.91. The van der Waals surface area contributed by atoms with Crippen LogP contribution >= 0.6 is 0 Å². The molecule has 0 radical (unpaired) electrons. The van der Waals surface area contributed by atoms with Crippen LogP contribution in [0.25, 0.3) is 0 Å². The third-order valence-corrected chi connectivity index (χ3v) is 5.93. The average molecular weight is 373 g/mol. The summed E-state index contributed by atoms with van der Waals surface area (Å²) in [7, 11) is 0. The van der Waals surface area contributed by atoms with E-state index in [-0.39, 0.29) is 23.8 Å². The Bertz CT molecular complexity index is 678. The second kappa shape index (κ2) is 8.85. The van der Waals surface area contributed by atoms with Gasteiger partial charge in [0.05, 0.1) is 6.61 Å². The van der Waals surface area contributed by atoms with Gasteiger partial charge in [-0.2, -0.15) is 0 Å². The van der Waals surface area contributed by atoms with E-state index in [9.17, 15) is 14.7 Å². The Morgan fingerprint density at radius 2 is 2.04 bits per heavy atom. The van der Waals surface area contributed by atoms with Crippen LogP contribution in [0.3, 0.4) is 0 Å². The molecule has 2 heterocycles. The number of aryl methyl sites for hydroxylation is 1. The third-order valence-electron chi connectivity index (χ3n) is 5.93. The summed E-state index contributed by atoms with van der Waals surface area (Å²) in [5, 5.41) is 12.2. The summed E-state index contributed by atoms with van der Waals surface area (Å²) in [6, 6.07) is 7.82. The highest BCUT2D eigenvalue weighted by atomic mass is 16.3. The molecule has 2 aliphatic rings. The zero-order chi connectivity index (χ0) is 19.3. The molecule has 1 spiro atoms. The molecule has 1 atom stereocenters. The van der Waals surface area contributed by atoms with Gasteiger partial charge in [0.1, 0.15) is 0 Å². The summed E-state index contributed by atoms with van der Waals surface area (Å²) in [5.41, 5.74) is 2.06. The van der Waals surface area contributed by atoms with Crippen molar-refractivity contribution in [2.24, 2.45) is 5.41 Å². The maximum Gasteiger partial charge on any atom is 0.225 e. The second-order valence-electron chi connectivity index (χ2n) is 8.03. The van der Waals surface area contributed by atoms with Gasteiger partial charge in [0, 0.05) is 50.1 Å². The van der Waals surface area contributed by atoms with Gasteiger partial charge >= 0.3 is 0 Å². The van der Waals surface area contributed by atoms with Crippen molar-refractivity contribution in [1.82, 2.24) is 9.80 Å². The summed E-state index contributed by atoms with van der Waals surface area (Å²) < 4.78 is 0. The minimum atomic E-state index is 0.0185. The molecular formula is C21H31N3O3. The van der Waals surface area contributed by atoms with E-state index in [4.69, 9.17) is 0 Å². The van der Waals surface area contributed by atoms with E-state index in [1.54, 1.807) is 0 Å². The van der Waals surface area contributed by atoms with E-state index in [0.717, 1.165) is 56.7 Å². The summed E-state index contributed by atoms with van der Waals surface area (Å²) in [6.45, 7) is 5.86. The topological polar surface area (TPSA) is 72.9 Å². The van der Waals surface area contributed by atoms with Gasteiger partial charge in [-0.05, 0) is 44.4 Å². The van der Waals surface area contributed by atoms with Crippen molar-refractivity contribution in [3.63, 3.8) is 0 Å². The van der Waals surface area contributed by atoms with E-state index in [1.165, 1.54) is 0 Å². The van der Waals surface area contributed by atoms with Gasteiger partial charge in [0.2, 0.25) is 11.8 Å². The SMILES string of the molecule is Cc1ccccc1NC(=O)CCN1CCC[C@]2(CCC(=O)N(CCO)C2)C1. The fourth-order valence-electron chi connectivity index (χ4n) is 4.45. The quantitative estimate of drug-likeness (QED) is 0.800. The van der Waals surface area contributed by atoms with E-state index < -0.39 is 0 Å². The fourth-order valence-corrected chi connectivity index (χ4v) is 4.45. The molecule has 0 bridgehead atoms. The first kappa shape index (κ1) is 19.8. The van der Waals surface area contributed by atoms with E-state index >= 15 is 0 Å². The van der Waals surface area contributed by atoms with Crippen LogP contribution in [-0.4, -0.2) is 66.1 Å². The Hall–Kier alpha value is -1.92. The molecule has 1 aromatic rings. The van der Waals surface area contributed by atoms with Crippen LogP contribution in [0.5, 0.6) is 0 Å². The van der Waals surface area contributed by atoms with Crippen LogP contribution in [-0.2, 0) is 9.59 Å². The van der Waals surface area contributed by atoms with Gasteiger partial charge < -0.3 is 20.2 Å². The number of benzene rings is 1. The number of aliphatic hydroxyl groups excluding tert-OH is 1. The minimum Gasteiger partial charge on any atom is -0.395 e. The molecule has 27 heavy (non-hydrogen) atoms. The number of hydrogen-bond acceptors (Lipinski definition) is 4. The molecule has 0 unspecified atom stereocenters. The molecule has 148 valence electrons. The van der Waals surface area contributed by atoms with Crippen LogP contribution in [0.1, 0.15) is 37.7 Å². The van der Waals surface area contributed by atoms with Gasteiger partial charge in [-0.1, -0.05) is 18.2 Å². The maximum atomic E-state index is 12.3. The molecule has 0 aromatic heterocycles. The number of amides is 2. The molecule has 1 aromatic carbocycles. The second-order valence-corrected chi connectivity index (χ2v) is 8.03. The van der Waals surface area contributed by atoms with E-state index in [1.807, 2.05) is 36.1 Å². The molecule has 2 fully saturated rings. The molecule has 3 rings (SSSR count). The number of hydrogen-bond donors (Lipinski definition) is 2. The molecule has 2 saturated heterocycles. The van der Waals surface area contributed by atoms with Crippen molar-refractivity contribution >= 4 is 17.5 Å². The highest BCUT2D eigenvalue weighted by Gasteiger charge is 2.41. The van der Waals surface area contributed by atoms with Crippen molar-refractivity contribution < 1.29 is 14.7 Å². The highest BCUT2D eigenvalue weighted by Crippen LogP contribution is 2.38. The average Bonchev–Trinajstić information content (AvgIpc) is 2.66. The Labute approximate surface area is 161 Å². The molecule has 0 saturated carbocycles. The molecule has 2 N–H and O–H groups in total. The lowest BCUT2D eigenvalue weighted by Crippen LogP contribution is -2.54. The zero-order valence-corrected chi connectivity index (χ0v) is 16.2. The number of likely N-dealkylation sites (tertiary alicyclic amines) is 2. The van der Waals surface area contributed by atoms with E-state index in [2.05, 4.69) is 10.2 Å². The smallest absolute Gasteiger partial charge is 0.225 e. The number of anilines is 1. The van der Waals surface area contributed by atoms with Crippen molar-refractivity contribution in [3.05, 3.63) is 29.8 Å². The molecule has 6 nitrogen and oxygen atoms in total. The number of para-hydroxylation sites is 1. The largest absolute Gasteiger partial charge is 0.395 e. The van der Waals surface area contributed by atoms with Crippen molar-refractivity contribution in [1.29, 1.82) is 0 Å². The molecule has 6 heteroatoms. The van der Waals surface area contributed by atoms with Gasteiger partial charge in [-0.15, -0.1) is 0 Å². The zero-order valence-electron chi connectivity index (χ0n) is 16.2. The maximum absolute atomic E-state index is 12.3. The number of β-amino-alcohol motifs (C(OH)–C–C–N with tert-alkyl or cyclic N) is 1. The first-order valence-electron chi connectivity index (χ1n) is 9.98. The lowest BCUT2D eigenvalue weighted by atomic mass is 9.73. The van der Waals surface area contributed by atoms with Crippen LogP contribution in [0, 0.1) is 12.3 Å². The third kappa shape index (κ3) is 5.08. The Balaban J connectivity index is 1.52. The number of carbonyl (C=O) groups is 2. The molecular weight excluding hydrogens is 342 g/mol. The Morgan fingerprint density at radius 1 is 1.22 bits per heavy atom. The van der Waals surface area contributed by atoms with Crippen molar-refractivity contribution in [2.45, 2.75) is 39.0 Å². The lowest BCUT2D eigenvalue weighted by molar-refractivity contribution is -0.140. The van der Waals surface area contributed by atoms with Crippen molar-refractivity contribution in [3.8, 4) is 0 Å². The number of carbonyl (C=O) groups excluding carboxylic acids is 2. The standard InChI is InChI=1S/C21H31N3O3/c1-17-5-2-3-6-18(17)22-19(26)8-12-23-11-4-9-21(15-23)10-7-20(27)24(16-21)13-14-25/h2-3,5-6,25H,4,7-16H2,1H3,(H,22,26)/t21-/m0/s1. The summed E-state index contributed by atoms with van der Waals surface area (Å²) in [4.78, 5) is 28.6. The van der Waals surface area contributed by atoms with Crippen molar-refractivity contribution in [2.75, 3.05) is 44.6 Å². The molecule has 0 aliphatic carbocycles.